The zero-order valence-corrected chi connectivity index (χ0v) is 9.76. The second kappa shape index (κ2) is 7.05. The number of carbonyl (C=O) groups excluding carboxylic acids is 1. The highest BCUT2D eigenvalue weighted by Gasteiger charge is 2.22. The van der Waals surface area contributed by atoms with Crippen LogP contribution in [0.4, 0.5) is 0 Å². The Morgan fingerprint density at radius 1 is 1.41 bits per heavy atom. The third kappa shape index (κ3) is 5.48. The van der Waals surface area contributed by atoms with Gasteiger partial charge in [-0.05, 0) is 31.6 Å². The van der Waals surface area contributed by atoms with Crippen LogP contribution in [0.2, 0.25) is 0 Å². The molecule has 0 heterocycles. The van der Waals surface area contributed by atoms with Crippen molar-refractivity contribution in [2.75, 3.05) is 13.2 Å². The highest BCUT2D eigenvalue weighted by molar-refractivity contribution is 5.76. The van der Waals surface area contributed by atoms with Crippen LogP contribution < -0.4 is 11.1 Å². The van der Waals surface area contributed by atoms with Crippen LogP contribution >= 0.6 is 0 Å². The number of nitrogens with one attached hydrogen (secondary N) is 1. The van der Waals surface area contributed by atoms with Crippen molar-refractivity contribution in [3.8, 4) is 0 Å². The van der Waals surface area contributed by atoms with Crippen molar-refractivity contribution < 1.29 is 14.7 Å². The van der Waals surface area contributed by atoms with E-state index < -0.39 is 5.09 Å². The van der Waals surface area contributed by atoms with Gasteiger partial charge >= 0.3 is 0 Å². The molecule has 98 valence electrons. The van der Waals surface area contributed by atoms with Gasteiger partial charge in [-0.25, -0.2) is 0 Å². The molecule has 1 amide bonds. The van der Waals surface area contributed by atoms with E-state index in [2.05, 4.69) is 10.2 Å². The molecule has 7 heteroatoms. The summed E-state index contributed by atoms with van der Waals surface area (Å²) in [4.78, 5) is 25.7. The summed E-state index contributed by atoms with van der Waals surface area (Å²) in [5.74, 6) is 0.209. The summed E-state index contributed by atoms with van der Waals surface area (Å²) in [7, 11) is 0. The third-order valence-corrected chi connectivity index (χ3v) is 3.00. The Hall–Kier alpha value is -1.37. The fraction of sp³-hybridized carbons (Fsp3) is 0.900. The van der Waals surface area contributed by atoms with Crippen LogP contribution in [0.3, 0.4) is 0 Å². The first kappa shape index (κ1) is 13.7. The number of hydrogen-bond donors (Lipinski definition) is 2. The number of hydrogen-bond acceptors (Lipinski definition) is 5. The van der Waals surface area contributed by atoms with Crippen LogP contribution in [0.15, 0.2) is 0 Å². The van der Waals surface area contributed by atoms with E-state index in [-0.39, 0.29) is 24.5 Å². The fourth-order valence-electron chi connectivity index (χ4n) is 2.07. The summed E-state index contributed by atoms with van der Waals surface area (Å²) in [5.41, 5.74) is 5.28. The van der Waals surface area contributed by atoms with Crippen molar-refractivity contribution in [3.63, 3.8) is 0 Å². The molecule has 0 aromatic heterocycles. The SMILES string of the molecule is NCCC(=O)N[C@H]1CC[C@@H](CO[N+](=O)[O-])CC1. The summed E-state index contributed by atoms with van der Waals surface area (Å²) in [6.45, 7) is 0.522. The number of nitrogens with zero attached hydrogens (tertiary/aromatic N) is 1. The maximum atomic E-state index is 11.3. The van der Waals surface area contributed by atoms with Crippen LogP contribution in [-0.4, -0.2) is 30.2 Å². The molecule has 0 atom stereocenters. The van der Waals surface area contributed by atoms with Gasteiger partial charge in [0.2, 0.25) is 5.91 Å². The third-order valence-electron chi connectivity index (χ3n) is 3.00. The summed E-state index contributed by atoms with van der Waals surface area (Å²) < 4.78 is 0. The van der Waals surface area contributed by atoms with Gasteiger partial charge in [-0.2, -0.15) is 0 Å². The fourth-order valence-corrected chi connectivity index (χ4v) is 2.07. The minimum absolute atomic E-state index is 0.0162. The quantitative estimate of drug-likeness (QED) is 0.514. The van der Waals surface area contributed by atoms with Gasteiger partial charge in [0.25, 0.3) is 5.09 Å². The molecule has 1 aliphatic carbocycles. The molecule has 0 radical (unpaired) electrons. The second-order valence-electron chi connectivity index (χ2n) is 4.34. The second-order valence-corrected chi connectivity index (χ2v) is 4.34. The van der Waals surface area contributed by atoms with Gasteiger partial charge in [-0.3, -0.25) is 4.79 Å². The average Bonchev–Trinajstić information content (AvgIpc) is 2.28. The predicted molar refractivity (Wildman–Crippen MR) is 60.5 cm³/mol. The number of amides is 1. The molecule has 3 N–H and O–H groups in total. The summed E-state index contributed by atoms with van der Waals surface area (Å²) in [5, 5.41) is 12.2. The monoisotopic (exact) mass is 245 g/mol. The standard InChI is InChI=1S/C10H19N3O4/c11-6-5-10(14)12-9-3-1-8(2-4-9)7-17-13(15)16/h8-9H,1-7,11H2,(H,12,14)/t8-,9+. The Morgan fingerprint density at radius 2 is 2.06 bits per heavy atom. The van der Waals surface area contributed by atoms with Crippen molar-refractivity contribution in [1.29, 1.82) is 0 Å². The minimum atomic E-state index is -0.755. The highest BCUT2D eigenvalue weighted by atomic mass is 16.9. The first-order valence-electron chi connectivity index (χ1n) is 5.88. The van der Waals surface area contributed by atoms with Crippen molar-refractivity contribution in [1.82, 2.24) is 5.32 Å². The molecule has 0 aromatic rings. The van der Waals surface area contributed by atoms with E-state index in [1.165, 1.54) is 0 Å². The normalized spacial score (nSPS) is 24.1. The van der Waals surface area contributed by atoms with Gasteiger partial charge in [0, 0.05) is 19.0 Å². The molecule has 17 heavy (non-hydrogen) atoms. The Kier molecular flexibility index (Phi) is 5.68. The molecule has 1 aliphatic rings. The highest BCUT2D eigenvalue weighted by Crippen LogP contribution is 2.24. The number of nitrogens with two attached hydrogens (primary N) is 1. The zero-order valence-electron chi connectivity index (χ0n) is 9.76. The Balaban J connectivity index is 2.17. The van der Waals surface area contributed by atoms with Crippen LogP contribution in [0.1, 0.15) is 32.1 Å². The summed E-state index contributed by atoms with van der Waals surface area (Å²) in [6, 6.07) is 0.181. The summed E-state index contributed by atoms with van der Waals surface area (Å²) >= 11 is 0. The maximum Gasteiger partial charge on any atom is 0.294 e. The zero-order chi connectivity index (χ0) is 12.7. The van der Waals surface area contributed by atoms with Gasteiger partial charge in [-0.15, -0.1) is 10.1 Å². The average molecular weight is 245 g/mol. The van der Waals surface area contributed by atoms with E-state index in [9.17, 15) is 14.9 Å². The number of carbonyl (C=O) groups is 1. The molecule has 0 bridgehead atoms. The van der Waals surface area contributed by atoms with E-state index >= 15 is 0 Å². The predicted octanol–water partition coefficient (Wildman–Crippen LogP) is 0.219. The van der Waals surface area contributed by atoms with Crippen molar-refractivity contribution in [3.05, 3.63) is 10.1 Å². The van der Waals surface area contributed by atoms with Crippen molar-refractivity contribution >= 4 is 5.91 Å². The lowest BCUT2D eigenvalue weighted by Gasteiger charge is -2.28. The van der Waals surface area contributed by atoms with Crippen LogP contribution in [0, 0.1) is 16.0 Å². The molecule has 0 unspecified atom stereocenters. The Morgan fingerprint density at radius 3 is 2.59 bits per heavy atom. The minimum Gasteiger partial charge on any atom is -0.353 e. The largest absolute Gasteiger partial charge is 0.353 e. The van der Waals surface area contributed by atoms with Gasteiger partial charge in [0.05, 0.1) is 6.61 Å². The molecule has 0 aromatic carbocycles. The van der Waals surface area contributed by atoms with Crippen LogP contribution in [0.25, 0.3) is 0 Å². The van der Waals surface area contributed by atoms with Crippen LogP contribution in [0.5, 0.6) is 0 Å². The summed E-state index contributed by atoms with van der Waals surface area (Å²) in [6.07, 6.45) is 3.75. The topological polar surface area (TPSA) is 107 Å². The van der Waals surface area contributed by atoms with Crippen molar-refractivity contribution in [2.45, 2.75) is 38.1 Å². The molecule has 7 nitrogen and oxygen atoms in total. The molecule has 0 spiro atoms. The molecule has 0 saturated heterocycles. The molecule has 1 fully saturated rings. The van der Waals surface area contributed by atoms with E-state index in [0.29, 0.717) is 13.0 Å². The van der Waals surface area contributed by atoms with Gasteiger partial charge < -0.3 is 15.9 Å². The molecule has 1 saturated carbocycles. The number of rotatable bonds is 6. The van der Waals surface area contributed by atoms with Crippen LogP contribution in [-0.2, 0) is 9.63 Å². The lowest BCUT2D eigenvalue weighted by Crippen LogP contribution is -2.38. The molecule has 1 rings (SSSR count). The van der Waals surface area contributed by atoms with Gasteiger partial charge in [0.1, 0.15) is 0 Å². The molecular weight excluding hydrogens is 226 g/mol. The van der Waals surface area contributed by atoms with E-state index in [1.54, 1.807) is 0 Å². The van der Waals surface area contributed by atoms with Crippen molar-refractivity contribution in [2.24, 2.45) is 11.7 Å². The molecular formula is C10H19N3O4. The molecule has 0 aliphatic heterocycles. The Bertz CT molecular complexity index is 264. The first-order chi connectivity index (χ1) is 8.11. The lowest BCUT2D eigenvalue weighted by atomic mass is 9.86. The first-order valence-corrected chi connectivity index (χ1v) is 5.88. The lowest BCUT2D eigenvalue weighted by molar-refractivity contribution is -0.759. The van der Waals surface area contributed by atoms with E-state index in [1.807, 2.05) is 0 Å². The maximum absolute atomic E-state index is 11.3. The van der Waals surface area contributed by atoms with Gasteiger partial charge in [-0.1, -0.05) is 0 Å². The smallest absolute Gasteiger partial charge is 0.294 e. The van der Waals surface area contributed by atoms with E-state index in [0.717, 1.165) is 25.7 Å². The van der Waals surface area contributed by atoms with Gasteiger partial charge in [0.15, 0.2) is 0 Å². The van der Waals surface area contributed by atoms with E-state index in [4.69, 9.17) is 5.73 Å². The Labute approximate surface area is 99.8 Å².